The lowest BCUT2D eigenvalue weighted by Gasteiger charge is -2.18. The van der Waals surface area contributed by atoms with Crippen LogP contribution in [0.25, 0.3) is 10.9 Å². The lowest BCUT2D eigenvalue weighted by molar-refractivity contribution is -0.126. The van der Waals surface area contributed by atoms with Gasteiger partial charge in [0, 0.05) is 17.0 Å². The minimum Gasteiger partial charge on any atom is -0.331 e. The maximum absolute atomic E-state index is 11.9. The van der Waals surface area contributed by atoms with Gasteiger partial charge in [-0.15, -0.1) is 0 Å². The van der Waals surface area contributed by atoms with Crippen molar-refractivity contribution in [3.63, 3.8) is 0 Å². The van der Waals surface area contributed by atoms with Crippen molar-refractivity contribution >= 4 is 39.8 Å². The number of rotatable bonds is 1. The average Bonchev–Trinajstić information content (AvgIpc) is 2.38. The van der Waals surface area contributed by atoms with Crippen LogP contribution >= 0.6 is 12.2 Å². The van der Waals surface area contributed by atoms with Crippen LogP contribution in [0.4, 0.5) is 5.69 Å². The molecule has 0 fully saturated rings. The number of hydrogen-bond donors (Lipinski definition) is 2. The van der Waals surface area contributed by atoms with Crippen LogP contribution < -0.4 is 10.6 Å². The molecule has 2 rings (SSSR count). The summed E-state index contributed by atoms with van der Waals surface area (Å²) in [7, 11) is 0. The van der Waals surface area contributed by atoms with E-state index < -0.39 is 5.41 Å². The molecule has 4 nitrogen and oxygen atoms in total. The first-order valence-electron chi connectivity index (χ1n) is 6.34. The zero-order valence-electron chi connectivity index (χ0n) is 11.7. The molecular formula is C15H17N3OS. The van der Waals surface area contributed by atoms with E-state index in [4.69, 9.17) is 12.2 Å². The minimum atomic E-state index is -0.483. The van der Waals surface area contributed by atoms with Gasteiger partial charge in [-0.3, -0.25) is 9.78 Å². The Morgan fingerprint density at radius 2 is 1.90 bits per heavy atom. The van der Waals surface area contributed by atoms with Crippen LogP contribution in [0.5, 0.6) is 0 Å². The summed E-state index contributed by atoms with van der Waals surface area (Å²) >= 11 is 5.17. The second kappa shape index (κ2) is 5.54. The molecule has 1 aromatic heterocycles. The Morgan fingerprint density at radius 1 is 1.20 bits per heavy atom. The van der Waals surface area contributed by atoms with Gasteiger partial charge in [0.25, 0.3) is 0 Å². The van der Waals surface area contributed by atoms with Gasteiger partial charge in [-0.1, -0.05) is 39.0 Å². The molecule has 104 valence electrons. The molecule has 5 heteroatoms. The number of pyridine rings is 1. The minimum absolute atomic E-state index is 0.122. The van der Waals surface area contributed by atoms with E-state index >= 15 is 0 Å². The Morgan fingerprint density at radius 3 is 2.60 bits per heavy atom. The number of para-hydroxylation sites is 1. The zero-order valence-corrected chi connectivity index (χ0v) is 12.5. The van der Waals surface area contributed by atoms with Crippen LogP contribution in [-0.4, -0.2) is 16.0 Å². The summed E-state index contributed by atoms with van der Waals surface area (Å²) in [5.41, 5.74) is 1.12. The van der Waals surface area contributed by atoms with E-state index in [0.717, 1.165) is 16.6 Å². The fourth-order valence-corrected chi connectivity index (χ4v) is 1.85. The molecule has 0 saturated carbocycles. The normalized spacial score (nSPS) is 11.2. The largest absolute Gasteiger partial charge is 0.331 e. The summed E-state index contributed by atoms with van der Waals surface area (Å²) in [5, 5.41) is 7.01. The molecule has 0 atom stereocenters. The smallest absolute Gasteiger partial charge is 0.231 e. The number of carbonyl (C=O) groups excluding carboxylic acids is 1. The lowest BCUT2D eigenvalue weighted by atomic mass is 9.96. The standard InChI is InChI=1S/C15H17N3OS/c1-15(2,3)13(19)18-14(20)17-11-8-4-6-10-7-5-9-16-12(10)11/h4-9H,1-3H3,(H2,17,18,19,20). The van der Waals surface area contributed by atoms with Crippen molar-refractivity contribution in [3.8, 4) is 0 Å². The van der Waals surface area contributed by atoms with Gasteiger partial charge in [0.05, 0.1) is 11.2 Å². The van der Waals surface area contributed by atoms with E-state index in [1.807, 2.05) is 51.1 Å². The summed E-state index contributed by atoms with van der Waals surface area (Å²) in [6, 6.07) is 9.63. The third-order valence-electron chi connectivity index (χ3n) is 2.79. The fourth-order valence-electron chi connectivity index (χ4n) is 1.65. The van der Waals surface area contributed by atoms with Crippen molar-refractivity contribution in [1.82, 2.24) is 10.3 Å². The van der Waals surface area contributed by atoms with Crippen molar-refractivity contribution < 1.29 is 4.79 Å². The Labute approximate surface area is 123 Å². The second-order valence-electron chi connectivity index (χ2n) is 5.54. The molecule has 0 radical (unpaired) electrons. The van der Waals surface area contributed by atoms with E-state index in [-0.39, 0.29) is 11.0 Å². The van der Waals surface area contributed by atoms with Gasteiger partial charge >= 0.3 is 0 Å². The predicted octanol–water partition coefficient (Wildman–Crippen LogP) is 3.09. The van der Waals surface area contributed by atoms with Crippen LogP contribution in [0.1, 0.15) is 20.8 Å². The van der Waals surface area contributed by atoms with E-state index in [0.29, 0.717) is 0 Å². The number of anilines is 1. The van der Waals surface area contributed by atoms with Gasteiger partial charge in [-0.2, -0.15) is 0 Å². The number of fused-ring (bicyclic) bond motifs is 1. The fraction of sp³-hybridized carbons (Fsp3) is 0.267. The van der Waals surface area contributed by atoms with Crippen molar-refractivity contribution in [3.05, 3.63) is 36.5 Å². The first-order chi connectivity index (χ1) is 9.38. The molecule has 0 saturated heterocycles. The highest BCUT2D eigenvalue weighted by atomic mass is 32.1. The van der Waals surface area contributed by atoms with Crippen LogP contribution in [0.15, 0.2) is 36.5 Å². The van der Waals surface area contributed by atoms with E-state index in [2.05, 4.69) is 15.6 Å². The van der Waals surface area contributed by atoms with E-state index in [1.165, 1.54) is 0 Å². The van der Waals surface area contributed by atoms with Crippen LogP contribution in [0, 0.1) is 5.41 Å². The topological polar surface area (TPSA) is 54.0 Å². The first-order valence-corrected chi connectivity index (χ1v) is 6.75. The Bertz CT molecular complexity index is 656. The second-order valence-corrected chi connectivity index (χ2v) is 5.95. The Hall–Kier alpha value is -2.01. The highest BCUT2D eigenvalue weighted by molar-refractivity contribution is 7.80. The summed E-state index contributed by atoms with van der Waals surface area (Å²) < 4.78 is 0. The van der Waals surface area contributed by atoms with E-state index in [9.17, 15) is 4.79 Å². The molecule has 0 aliphatic heterocycles. The molecule has 1 aromatic carbocycles. The molecule has 1 amide bonds. The lowest BCUT2D eigenvalue weighted by Crippen LogP contribution is -2.41. The molecular weight excluding hydrogens is 270 g/mol. The van der Waals surface area contributed by atoms with Crippen molar-refractivity contribution in [2.24, 2.45) is 5.41 Å². The van der Waals surface area contributed by atoms with E-state index in [1.54, 1.807) is 6.20 Å². The third kappa shape index (κ3) is 3.30. The van der Waals surface area contributed by atoms with Gasteiger partial charge in [-0.05, 0) is 24.4 Å². The van der Waals surface area contributed by atoms with Crippen molar-refractivity contribution in [2.45, 2.75) is 20.8 Å². The quantitative estimate of drug-likeness (QED) is 0.791. The summed E-state index contributed by atoms with van der Waals surface area (Å²) in [6.45, 7) is 5.51. The Kier molecular flexibility index (Phi) is 3.99. The molecule has 2 aromatic rings. The molecule has 0 unspecified atom stereocenters. The summed E-state index contributed by atoms with van der Waals surface area (Å²) in [6.07, 6.45) is 1.73. The number of carbonyl (C=O) groups is 1. The number of benzene rings is 1. The average molecular weight is 287 g/mol. The zero-order chi connectivity index (χ0) is 14.8. The predicted molar refractivity (Wildman–Crippen MR) is 85.6 cm³/mol. The van der Waals surface area contributed by atoms with Gasteiger partial charge in [0.2, 0.25) is 5.91 Å². The van der Waals surface area contributed by atoms with Gasteiger partial charge in [0.1, 0.15) is 0 Å². The summed E-state index contributed by atoms with van der Waals surface area (Å²) in [4.78, 5) is 16.2. The SMILES string of the molecule is CC(C)(C)C(=O)NC(=S)Nc1cccc2cccnc12. The Balaban J connectivity index is 2.17. The van der Waals surface area contributed by atoms with Crippen molar-refractivity contribution in [2.75, 3.05) is 5.32 Å². The number of thiocarbonyl (C=S) groups is 1. The number of nitrogens with one attached hydrogen (secondary N) is 2. The van der Waals surface area contributed by atoms with Crippen LogP contribution in [-0.2, 0) is 4.79 Å². The molecule has 2 N–H and O–H groups in total. The molecule has 0 bridgehead atoms. The monoisotopic (exact) mass is 287 g/mol. The van der Waals surface area contributed by atoms with Crippen LogP contribution in [0.3, 0.4) is 0 Å². The molecule has 1 heterocycles. The van der Waals surface area contributed by atoms with Gasteiger partial charge < -0.3 is 10.6 Å². The first kappa shape index (κ1) is 14.4. The molecule has 20 heavy (non-hydrogen) atoms. The van der Waals surface area contributed by atoms with Gasteiger partial charge in [0.15, 0.2) is 5.11 Å². The van der Waals surface area contributed by atoms with Crippen molar-refractivity contribution in [1.29, 1.82) is 0 Å². The van der Waals surface area contributed by atoms with Gasteiger partial charge in [-0.25, -0.2) is 0 Å². The number of nitrogens with zero attached hydrogens (tertiary/aromatic N) is 1. The number of aromatic nitrogens is 1. The van der Waals surface area contributed by atoms with Crippen LogP contribution in [0.2, 0.25) is 0 Å². The summed E-state index contributed by atoms with van der Waals surface area (Å²) in [5.74, 6) is -0.122. The maximum Gasteiger partial charge on any atom is 0.231 e. The number of hydrogen-bond acceptors (Lipinski definition) is 3. The maximum atomic E-state index is 11.9. The highest BCUT2D eigenvalue weighted by Crippen LogP contribution is 2.20. The molecule has 0 spiro atoms. The number of amides is 1. The molecule has 0 aliphatic carbocycles. The molecule has 0 aliphatic rings. The highest BCUT2D eigenvalue weighted by Gasteiger charge is 2.22. The third-order valence-corrected chi connectivity index (χ3v) is 2.99.